The third-order valence-electron chi connectivity index (χ3n) is 12.4. The van der Waals surface area contributed by atoms with Gasteiger partial charge in [-0.1, -0.05) is 6.07 Å². The molecule has 2 aliphatic carbocycles. The first-order valence-corrected chi connectivity index (χ1v) is 17.8. The smallest absolute Gasteiger partial charge is 0.228 e. The van der Waals surface area contributed by atoms with Crippen LogP contribution in [0, 0.1) is 17.8 Å². The summed E-state index contributed by atoms with van der Waals surface area (Å²) in [6.45, 7) is 14.1. The molecule has 0 atom stereocenters. The lowest BCUT2D eigenvalue weighted by Gasteiger charge is -2.53. The number of aromatic amines is 1. The molecule has 4 aromatic rings. The van der Waals surface area contributed by atoms with E-state index < -0.39 is 0 Å². The molecule has 10 rings (SSSR count). The number of H-pyrrole nitrogens is 1. The molecule has 46 heavy (non-hydrogen) atoms. The van der Waals surface area contributed by atoms with Crippen LogP contribution in [0.5, 0.6) is 5.75 Å². The second-order valence-corrected chi connectivity index (χ2v) is 15.8. The minimum Gasteiger partial charge on any atom is -0.491 e. The van der Waals surface area contributed by atoms with Gasteiger partial charge in [-0.05, 0) is 105 Å². The Bertz CT molecular complexity index is 1840. The normalized spacial score (nSPS) is 24.1. The molecule has 9 heteroatoms. The molecule has 6 fully saturated rings. The Morgan fingerprint density at radius 3 is 2.37 bits per heavy atom. The highest BCUT2D eigenvalue weighted by Gasteiger charge is 2.55. The van der Waals surface area contributed by atoms with Crippen molar-refractivity contribution in [3.63, 3.8) is 0 Å². The Kier molecular flexibility index (Phi) is 5.89. The number of anilines is 2. The van der Waals surface area contributed by atoms with Crippen molar-refractivity contribution in [1.82, 2.24) is 30.0 Å². The largest absolute Gasteiger partial charge is 0.491 e. The number of hydrogen-bond donors (Lipinski definition) is 1. The minimum atomic E-state index is 0.487. The first kappa shape index (κ1) is 27.7. The Labute approximate surface area is 271 Å². The lowest BCUT2D eigenvalue weighted by molar-refractivity contribution is 0.00125. The van der Waals surface area contributed by atoms with Crippen molar-refractivity contribution in [2.45, 2.75) is 64.3 Å². The Morgan fingerprint density at radius 1 is 0.913 bits per heavy atom. The predicted octanol–water partition coefficient (Wildman–Crippen LogP) is 5.57. The van der Waals surface area contributed by atoms with Crippen LogP contribution in [-0.4, -0.2) is 102 Å². The van der Waals surface area contributed by atoms with E-state index in [1.807, 2.05) is 6.20 Å². The molecule has 2 saturated carbocycles. The van der Waals surface area contributed by atoms with Gasteiger partial charge < -0.3 is 19.4 Å². The van der Waals surface area contributed by atoms with Crippen LogP contribution in [0.25, 0.3) is 32.9 Å². The summed E-state index contributed by atoms with van der Waals surface area (Å²) in [5.74, 6) is 3.44. The van der Waals surface area contributed by atoms with Gasteiger partial charge in [0.05, 0.1) is 18.3 Å². The van der Waals surface area contributed by atoms with Crippen molar-refractivity contribution in [2.75, 3.05) is 75.8 Å². The van der Waals surface area contributed by atoms with Crippen LogP contribution < -0.4 is 14.5 Å². The number of rotatable bonds is 7. The third kappa shape index (κ3) is 4.23. The lowest BCUT2D eigenvalue weighted by atomic mass is 9.72. The van der Waals surface area contributed by atoms with E-state index in [1.165, 1.54) is 87.0 Å². The topological polar surface area (TPSA) is 76.7 Å². The zero-order valence-electron chi connectivity index (χ0n) is 27.6. The van der Waals surface area contributed by atoms with Gasteiger partial charge in [0.1, 0.15) is 11.3 Å². The van der Waals surface area contributed by atoms with E-state index in [9.17, 15) is 0 Å². The fourth-order valence-corrected chi connectivity index (χ4v) is 9.35. The summed E-state index contributed by atoms with van der Waals surface area (Å²) in [5, 5.41) is 9.97. The van der Waals surface area contributed by atoms with Gasteiger partial charge in [0.25, 0.3) is 0 Å². The number of nitrogens with one attached hydrogen (secondary N) is 1. The molecule has 0 radical (unpaired) electrons. The number of fused-ring (bicyclic) bond motifs is 2. The van der Waals surface area contributed by atoms with E-state index in [0.29, 0.717) is 29.4 Å². The first-order valence-electron chi connectivity index (χ1n) is 17.8. The van der Waals surface area contributed by atoms with Gasteiger partial charge in [-0.25, -0.2) is 4.98 Å². The number of likely N-dealkylation sites (tertiary alicyclic amines) is 2. The SMILES string of the molecule is CCOc1c(-c2c(C)ccc3[nH]ncc23)c(C2CC2)cc2c(N3CCC4(CC3)CN(C)C4)nc(N3CC(N4CC5(CC5)C4)C3)nc12. The van der Waals surface area contributed by atoms with Gasteiger partial charge in [0, 0.05) is 74.7 Å². The maximum Gasteiger partial charge on any atom is 0.228 e. The molecule has 2 spiro atoms. The molecule has 9 nitrogen and oxygen atoms in total. The zero-order chi connectivity index (χ0) is 30.8. The summed E-state index contributed by atoms with van der Waals surface area (Å²) in [6, 6.07) is 7.44. The van der Waals surface area contributed by atoms with Gasteiger partial charge in [-0.3, -0.25) is 10.00 Å². The van der Waals surface area contributed by atoms with Crippen LogP contribution in [0.2, 0.25) is 0 Å². The van der Waals surface area contributed by atoms with Crippen LogP contribution in [-0.2, 0) is 0 Å². The molecular formula is C37H46N8O. The van der Waals surface area contributed by atoms with Crippen LogP contribution in [0.3, 0.4) is 0 Å². The van der Waals surface area contributed by atoms with E-state index in [0.717, 1.165) is 65.5 Å². The fourth-order valence-electron chi connectivity index (χ4n) is 9.35. The summed E-state index contributed by atoms with van der Waals surface area (Å²) < 4.78 is 6.75. The van der Waals surface area contributed by atoms with E-state index in [1.54, 1.807) is 0 Å². The molecule has 6 heterocycles. The van der Waals surface area contributed by atoms with Crippen LogP contribution in [0.1, 0.15) is 62.5 Å². The second kappa shape index (κ2) is 9.80. The Balaban J connectivity index is 1.12. The summed E-state index contributed by atoms with van der Waals surface area (Å²) in [7, 11) is 2.25. The first-order chi connectivity index (χ1) is 22.4. The van der Waals surface area contributed by atoms with Gasteiger partial charge in [-0.2, -0.15) is 10.1 Å². The highest BCUT2D eigenvalue weighted by Crippen LogP contribution is 2.55. The number of aryl methyl sites for hydroxylation is 1. The molecule has 1 N–H and O–H groups in total. The zero-order valence-corrected chi connectivity index (χ0v) is 27.6. The number of hydrogen-bond acceptors (Lipinski definition) is 8. The van der Waals surface area contributed by atoms with E-state index in [-0.39, 0.29) is 0 Å². The van der Waals surface area contributed by atoms with Gasteiger partial charge in [0.15, 0.2) is 5.75 Å². The molecular weight excluding hydrogens is 572 g/mol. The van der Waals surface area contributed by atoms with Gasteiger partial charge in [0.2, 0.25) is 5.95 Å². The maximum absolute atomic E-state index is 6.75. The summed E-state index contributed by atoms with van der Waals surface area (Å²) in [6.07, 6.45) is 9.73. The number of piperidine rings is 1. The van der Waals surface area contributed by atoms with Crippen LogP contribution >= 0.6 is 0 Å². The van der Waals surface area contributed by atoms with Crippen LogP contribution in [0.4, 0.5) is 11.8 Å². The molecule has 0 amide bonds. The number of aromatic nitrogens is 4. The molecule has 2 aromatic heterocycles. The van der Waals surface area contributed by atoms with Crippen LogP contribution in [0.15, 0.2) is 24.4 Å². The Morgan fingerprint density at radius 2 is 1.67 bits per heavy atom. The van der Waals surface area contributed by atoms with Crippen molar-refractivity contribution in [3.05, 3.63) is 35.5 Å². The summed E-state index contributed by atoms with van der Waals surface area (Å²) >= 11 is 0. The molecule has 2 aromatic carbocycles. The fraction of sp³-hybridized carbons (Fsp3) is 0.595. The van der Waals surface area contributed by atoms with Crippen molar-refractivity contribution in [2.24, 2.45) is 10.8 Å². The summed E-state index contributed by atoms with van der Waals surface area (Å²) in [4.78, 5) is 21.1. The number of nitrogens with zero attached hydrogens (tertiary/aromatic N) is 7. The second-order valence-electron chi connectivity index (χ2n) is 15.8. The monoisotopic (exact) mass is 618 g/mol. The lowest BCUT2D eigenvalue weighted by Crippen LogP contribution is -2.66. The van der Waals surface area contributed by atoms with E-state index in [4.69, 9.17) is 14.7 Å². The molecule has 0 bridgehead atoms. The van der Waals surface area contributed by atoms with Gasteiger partial charge >= 0.3 is 0 Å². The predicted molar refractivity (Wildman–Crippen MR) is 183 cm³/mol. The molecule has 4 aliphatic heterocycles. The minimum absolute atomic E-state index is 0.487. The molecule has 4 saturated heterocycles. The van der Waals surface area contributed by atoms with E-state index >= 15 is 0 Å². The average Bonchev–Trinajstić information content (AvgIpc) is 3.93. The average molecular weight is 619 g/mol. The third-order valence-corrected chi connectivity index (χ3v) is 12.4. The molecule has 240 valence electrons. The molecule has 0 unspecified atom stereocenters. The molecule has 6 aliphatic rings. The maximum atomic E-state index is 6.75. The van der Waals surface area contributed by atoms with Crippen molar-refractivity contribution in [3.8, 4) is 16.9 Å². The quantitative estimate of drug-likeness (QED) is 0.288. The number of benzene rings is 2. The van der Waals surface area contributed by atoms with Crippen molar-refractivity contribution < 1.29 is 4.74 Å². The highest BCUT2D eigenvalue weighted by atomic mass is 16.5. The van der Waals surface area contributed by atoms with Crippen molar-refractivity contribution >= 4 is 33.6 Å². The standard InChI is InChI=1S/C37H46N8O/c1-4-46-33-31(30-23(2)5-8-29-28(30)16-38-41-29)26(24-6-7-24)15-27-32(33)39-35(44-17-25(18-44)45-21-36(22-45)9-10-36)40-34(27)43-13-11-37(12-14-43)19-42(3)20-37/h5,8,15-16,24-25H,4,6-7,9-14,17-22H2,1-3H3,(H,38,41). The Hall–Kier alpha value is -3.43. The highest BCUT2D eigenvalue weighted by molar-refractivity contribution is 6.06. The van der Waals surface area contributed by atoms with E-state index in [2.05, 4.69) is 68.9 Å². The van der Waals surface area contributed by atoms with Gasteiger partial charge in [-0.15, -0.1) is 0 Å². The number of ether oxygens (including phenoxy) is 1. The summed E-state index contributed by atoms with van der Waals surface area (Å²) in [5.41, 5.74) is 8.26. The van der Waals surface area contributed by atoms with Crippen molar-refractivity contribution in [1.29, 1.82) is 0 Å².